The zero-order valence-electron chi connectivity index (χ0n) is 15.9. The Morgan fingerprint density at radius 2 is 2.23 bits per heavy atom. The molecule has 0 radical (unpaired) electrons. The van der Waals surface area contributed by atoms with E-state index in [-0.39, 0.29) is 5.91 Å². The van der Waals surface area contributed by atoms with Gasteiger partial charge in [0.05, 0.1) is 12.8 Å². The Hall–Kier alpha value is -2.14. The van der Waals surface area contributed by atoms with Crippen molar-refractivity contribution in [1.29, 1.82) is 0 Å². The van der Waals surface area contributed by atoms with Crippen molar-refractivity contribution in [3.63, 3.8) is 0 Å². The lowest BCUT2D eigenvalue weighted by Gasteiger charge is -2.38. The van der Waals surface area contributed by atoms with Crippen molar-refractivity contribution in [2.24, 2.45) is 5.92 Å². The number of carbonyl (C=O) groups excluding carboxylic acids is 1. The molecule has 0 spiro atoms. The Bertz CT molecular complexity index is 777. The van der Waals surface area contributed by atoms with Crippen LogP contribution in [-0.2, 0) is 9.53 Å². The van der Waals surface area contributed by atoms with Gasteiger partial charge in [0.25, 0.3) is 5.91 Å². The number of fused-ring (bicyclic) bond motifs is 1. The largest absolute Gasteiger partial charge is 0.494 e. The minimum Gasteiger partial charge on any atom is -0.494 e. The highest BCUT2D eigenvalue weighted by atomic mass is 16.5. The molecule has 1 amide bonds. The van der Waals surface area contributed by atoms with Gasteiger partial charge in [-0.15, -0.1) is 0 Å². The zero-order chi connectivity index (χ0) is 18.6. The fraction of sp³-hybridized carbons (Fsp3) is 0.524. The van der Waals surface area contributed by atoms with Crippen molar-refractivity contribution in [2.75, 3.05) is 19.0 Å². The number of methoxy groups -OCH3 is 1. The van der Waals surface area contributed by atoms with Gasteiger partial charge in [-0.1, -0.05) is 20.3 Å². The molecule has 26 heavy (non-hydrogen) atoms. The molecular weight excluding hydrogens is 328 g/mol. The molecule has 1 N–H and O–H groups in total. The van der Waals surface area contributed by atoms with Crippen LogP contribution in [0.4, 0.5) is 5.69 Å². The van der Waals surface area contributed by atoms with E-state index in [1.54, 1.807) is 13.3 Å². The standard InChI is InChI=1S/C21H28N2O3/c1-4-13-26-21(11-5-7-15(2)14-21)20(24)23-17-9-10-18(25-3)19-16(17)8-6-12-22-19/h6,8-10,12,15H,4-5,7,11,13-14H2,1-3H3,(H,23,24)/t15-,21+/m1/s1. The number of aromatic nitrogens is 1. The Morgan fingerprint density at radius 3 is 2.96 bits per heavy atom. The molecule has 1 aromatic carbocycles. The van der Waals surface area contributed by atoms with E-state index in [9.17, 15) is 4.79 Å². The van der Waals surface area contributed by atoms with Crippen LogP contribution >= 0.6 is 0 Å². The molecular formula is C21H28N2O3. The van der Waals surface area contributed by atoms with Crippen LogP contribution < -0.4 is 10.1 Å². The molecule has 1 heterocycles. The summed E-state index contributed by atoms with van der Waals surface area (Å²) in [5, 5.41) is 3.99. The number of nitrogens with one attached hydrogen (secondary N) is 1. The Kier molecular flexibility index (Phi) is 5.77. The Labute approximate surface area is 155 Å². The number of pyridine rings is 1. The third-order valence-corrected chi connectivity index (χ3v) is 5.15. The molecule has 1 aliphatic carbocycles. The highest BCUT2D eigenvalue weighted by Gasteiger charge is 2.42. The summed E-state index contributed by atoms with van der Waals surface area (Å²) < 4.78 is 11.5. The van der Waals surface area contributed by atoms with Crippen molar-refractivity contribution in [3.8, 4) is 5.75 Å². The summed E-state index contributed by atoms with van der Waals surface area (Å²) in [4.78, 5) is 17.7. The van der Waals surface area contributed by atoms with Crippen LogP contribution in [0.15, 0.2) is 30.5 Å². The first-order chi connectivity index (χ1) is 12.6. The molecule has 140 valence electrons. The van der Waals surface area contributed by atoms with E-state index in [4.69, 9.17) is 9.47 Å². The van der Waals surface area contributed by atoms with Crippen molar-refractivity contribution < 1.29 is 14.3 Å². The van der Waals surface area contributed by atoms with E-state index in [0.717, 1.165) is 48.7 Å². The van der Waals surface area contributed by atoms with Gasteiger partial charge in [-0.25, -0.2) is 0 Å². The minimum atomic E-state index is -0.734. The van der Waals surface area contributed by atoms with Crippen LogP contribution in [0.5, 0.6) is 5.75 Å². The zero-order valence-corrected chi connectivity index (χ0v) is 15.9. The number of ether oxygens (including phenoxy) is 2. The molecule has 5 nitrogen and oxygen atoms in total. The SMILES string of the molecule is CCCO[C@@]1(C(=O)Nc2ccc(OC)c3ncccc23)CCC[C@@H](C)C1. The van der Waals surface area contributed by atoms with Crippen LogP contribution in [-0.4, -0.2) is 30.2 Å². The summed E-state index contributed by atoms with van der Waals surface area (Å²) in [6.07, 6.45) is 6.34. The third-order valence-electron chi connectivity index (χ3n) is 5.15. The van der Waals surface area contributed by atoms with Gasteiger partial charge in [-0.05, 0) is 55.9 Å². The maximum absolute atomic E-state index is 13.3. The van der Waals surface area contributed by atoms with Gasteiger partial charge in [-0.2, -0.15) is 0 Å². The lowest BCUT2D eigenvalue weighted by Crippen LogP contribution is -2.48. The lowest BCUT2D eigenvalue weighted by atomic mass is 9.78. The van der Waals surface area contributed by atoms with E-state index < -0.39 is 5.60 Å². The van der Waals surface area contributed by atoms with Gasteiger partial charge in [0.2, 0.25) is 0 Å². The molecule has 1 aromatic heterocycles. The van der Waals surface area contributed by atoms with Gasteiger partial charge in [0, 0.05) is 18.2 Å². The van der Waals surface area contributed by atoms with Crippen molar-refractivity contribution in [3.05, 3.63) is 30.5 Å². The highest BCUT2D eigenvalue weighted by Crippen LogP contribution is 2.37. The number of anilines is 1. The van der Waals surface area contributed by atoms with Crippen molar-refractivity contribution in [1.82, 2.24) is 4.98 Å². The molecule has 3 rings (SSSR count). The first-order valence-electron chi connectivity index (χ1n) is 9.47. The predicted molar refractivity (Wildman–Crippen MR) is 104 cm³/mol. The molecule has 1 fully saturated rings. The molecule has 0 saturated heterocycles. The van der Waals surface area contributed by atoms with Crippen molar-refractivity contribution in [2.45, 2.75) is 51.6 Å². The molecule has 2 atom stereocenters. The fourth-order valence-corrected chi connectivity index (χ4v) is 3.86. The number of hydrogen-bond acceptors (Lipinski definition) is 4. The van der Waals surface area contributed by atoms with Crippen LogP contribution in [0.2, 0.25) is 0 Å². The molecule has 2 aromatic rings. The van der Waals surface area contributed by atoms with Crippen molar-refractivity contribution >= 4 is 22.5 Å². The number of carbonyl (C=O) groups is 1. The summed E-state index contributed by atoms with van der Waals surface area (Å²) >= 11 is 0. The number of rotatable bonds is 6. The highest BCUT2D eigenvalue weighted by molar-refractivity contribution is 6.05. The van der Waals surface area contributed by atoms with Crippen LogP contribution in [0.3, 0.4) is 0 Å². The van der Waals surface area contributed by atoms with Gasteiger partial charge in [0.15, 0.2) is 0 Å². The quantitative estimate of drug-likeness (QED) is 0.824. The average Bonchev–Trinajstić information content (AvgIpc) is 2.66. The number of nitrogens with zero attached hydrogens (tertiary/aromatic N) is 1. The van der Waals surface area contributed by atoms with E-state index in [1.807, 2.05) is 24.3 Å². The van der Waals surface area contributed by atoms with E-state index in [2.05, 4.69) is 24.1 Å². The molecule has 1 aliphatic rings. The van der Waals surface area contributed by atoms with E-state index in [0.29, 0.717) is 18.3 Å². The van der Waals surface area contributed by atoms with Crippen LogP contribution in [0.1, 0.15) is 46.0 Å². The number of hydrogen-bond donors (Lipinski definition) is 1. The van der Waals surface area contributed by atoms with Gasteiger partial charge >= 0.3 is 0 Å². The first-order valence-corrected chi connectivity index (χ1v) is 9.47. The van der Waals surface area contributed by atoms with Crippen LogP contribution in [0.25, 0.3) is 10.9 Å². The summed E-state index contributed by atoms with van der Waals surface area (Å²) in [6, 6.07) is 7.53. The summed E-state index contributed by atoms with van der Waals surface area (Å²) in [5.41, 5.74) is 0.757. The maximum atomic E-state index is 13.3. The number of amides is 1. The van der Waals surface area contributed by atoms with E-state index >= 15 is 0 Å². The summed E-state index contributed by atoms with van der Waals surface area (Å²) in [5.74, 6) is 1.13. The summed E-state index contributed by atoms with van der Waals surface area (Å²) in [6.45, 7) is 4.87. The van der Waals surface area contributed by atoms with Gasteiger partial charge in [-0.3, -0.25) is 9.78 Å². The second-order valence-corrected chi connectivity index (χ2v) is 7.21. The molecule has 0 unspecified atom stereocenters. The molecule has 1 saturated carbocycles. The second-order valence-electron chi connectivity index (χ2n) is 7.21. The Balaban J connectivity index is 1.91. The normalized spacial score (nSPS) is 23.0. The lowest BCUT2D eigenvalue weighted by molar-refractivity contribution is -0.148. The van der Waals surface area contributed by atoms with E-state index in [1.165, 1.54) is 0 Å². The minimum absolute atomic E-state index is 0.0483. The molecule has 0 aliphatic heterocycles. The van der Waals surface area contributed by atoms with Crippen LogP contribution in [0, 0.1) is 5.92 Å². The maximum Gasteiger partial charge on any atom is 0.256 e. The average molecular weight is 356 g/mol. The predicted octanol–water partition coefficient (Wildman–Crippen LogP) is 4.56. The van der Waals surface area contributed by atoms with Gasteiger partial charge < -0.3 is 14.8 Å². The Morgan fingerprint density at radius 1 is 1.38 bits per heavy atom. The third kappa shape index (κ3) is 3.68. The fourth-order valence-electron chi connectivity index (χ4n) is 3.86. The molecule has 5 heteroatoms. The van der Waals surface area contributed by atoms with Gasteiger partial charge in [0.1, 0.15) is 16.9 Å². The first kappa shape index (κ1) is 18.6. The summed E-state index contributed by atoms with van der Waals surface area (Å²) in [7, 11) is 1.62. The molecule has 0 bridgehead atoms. The monoisotopic (exact) mass is 356 g/mol. The number of benzene rings is 1. The topological polar surface area (TPSA) is 60.5 Å². The smallest absolute Gasteiger partial charge is 0.256 e. The second kappa shape index (κ2) is 8.04.